The minimum Gasteiger partial charge on any atom is -0.375 e. The first-order valence-electron chi connectivity index (χ1n) is 8.09. The summed E-state index contributed by atoms with van der Waals surface area (Å²) in [5.41, 5.74) is 1.19. The molecule has 0 bridgehead atoms. The van der Waals surface area contributed by atoms with Crippen molar-refractivity contribution in [1.82, 2.24) is 0 Å². The first kappa shape index (κ1) is 16.5. The van der Waals surface area contributed by atoms with Gasteiger partial charge in [-0.25, -0.2) is 4.39 Å². The lowest BCUT2D eigenvalue weighted by molar-refractivity contribution is -0.134. The summed E-state index contributed by atoms with van der Waals surface area (Å²) in [5, 5.41) is 16.8. The van der Waals surface area contributed by atoms with Crippen molar-refractivity contribution in [2.45, 2.75) is 32.3 Å². The molecule has 1 atom stereocenters. The van der Waals surface area contributed by atoms with Crippen molar-refractivity contribution in [3.63, 3.8) is 0 Å². The Morgan fingerprint density at radius 3 is 2.50 bits per heavy atom. The van der Waals surface area contributed by atoms with Gasteiger partial charge < -0.3 is 15.7 Å². The number of amides is 1. The van der Waals surface area contributed by atoms with Gasteiger partial charge in [-0.1, -0.05) is 13.8 Å². The summed E-state index contributed by atoms with van der Waals surface area (Å²) in [7, 11) is 0. The van der Waals surface area contributed by atoms with Crippen LogP contribution in [0.25, 0.3) is 0 Å². The van der Waals surface area contributed by atoms with Gasteiger partial charge >= 0.3 is 0 Å². The third kappa shape index (κ3) is 3.12. The van der Waals surface area contributed by atoms with Gasteiger partial charge in [-0.15, -0.1) is 0 Å². The summed E-state index contributed by atoms with van der Waals surface area (Å²) in [6, 6.07) is 11.4. The topological polar surface area (TPSA) is 61.4 Å². The normalized spacial score (nSPS) is 19.3. The standard InChI is InChI=1S/C19H21FN2O2/c1-12(2)9-10-19(24)16-11-15(7-8-17(16)22-18(19)23)21-14-5-3-13(20)4-6-14/h3-8,11-12,21,24H,9-10H2,1-2H3,(H,22,23). The highest BCUT2D eigenvalue weighted by atomic mass is 19.1. The maximum absolute atomic E-state index is 13.0. The molecular weight excluding hydrogens is 307 g/mol. The van der Waals surface area contributed by atoms with Crippen LogP contribution in [-0.4, -0.2) is 11.0 Å². The quantitative estimate of drug-likeness (QED) is 0.773. The van der Waals surface area contributed by atoms with E-state index in [-0.39, 0.29) is 11.7 Å². The fraction of sp³-hybridized carbons (Fsp3) is 0.316. The molecule has 2 aromatic rings. The van der Waals surface area contributed by atoms with Crippen molar-refractivity contribution in [3.8, 4) is 0 Å². The molecule has 0 spiro atoms. The van der Waals surface area contributed by atoms with Crippen LogP contribution in [0.15, 0.2) is 42.5 Å². The Kier molecular flexibility index (Phi) is 4.28. The Labute approximate surface area is 140 Å². The van der Waals surface area contributed by atoms with Gasteiger partial charge in [-0.05, 0) is 61.2 Å². The molecule has 24 heavy (non-hydrogen) atoms. The minimum absolute atomic E-state index is 0.299. The van der Waals surface area contributed by atoms with Crippen LogP contribution in [0.4, 0.5) is 21.5 Å². The number of hydrogen-bond donors (Lipinski definition) is 3. The number of aliphatic hydroxyl groups is 1. The van der Waals surface area contributed by atoms with Crippen LogP contribution in [0.5, 0.6) is 0 Å². The number of carbonyl (C=O) groups is 1. The summed E-state index contributed by atoms with van der Waals surface area (Å²) in [6.07, 6.45) is 1.13. The molecule has 0 aromatic heterocycles. The number of carbonyl (C=O) groups excluding carboxylic acids is 1. The van der Waals surface area contributed by atoms with E-state index in [1.807, 2.05) is 6.07 Å². The van der Waals surface area contributed by atoms with Crippen LogP contribution >= 0.6 is 0 Å². The van der Waals surface area contributed by atoms with Gasteiger partial charge in [-0.3, -0.25) is 4.79 Å². The number of hydrogen-bond acceptors (Lipinski definition) is 3. The fourth-order valence-electron chi connectivity index (χ4n) is 2.87. The van der Waals surface area contributed by atoms with Crippen molar-refractivity contribution in [3.05, 3.63) is 53.8 Å². The summed E-state index contributed by atoms with van der Waals surface area (Å²) < 4.78 is 13.0. The maximum Gasteiger partial charge on any atom is 0.261 e. The molecule has 0 saturated carbocycles. The molecule has 1 aliphatic rings. The number of benzene rings is 2. The molecule has 3 N–H and O–H groups in total. The third-order valence-corrected chi connectivity index (χ3v) is 4.31. The van der Waals surface area contributed by atoms with E-state index in [0.717, 1.165) is 17.8 Å². The Morgan fingerprint density at radius 2 is 1.83 bits per heavy atom. The van der Waals surface area contributed by atoms with Gasteiger partial charge in [-0.2, -0.15) is 0 Å². The van der Waals surface area contributed by atoms with Crippen molar-refractivity contribution < 1.29 is 14.3 Å². The van der Waals surface area contributed by atoms with Gasteiger partial charge in [0.2, 0.25) is 0 Å². The van der Waals surface area contributed by atoms with E-state index in [1.165, 1.54) is 12.1 Å². The molecule has 0 saturated heterocycles. The average Bonchev–Trinajstić information content (AvgIpc) is 2.79. The molecule has 0 radical (unpaired) electrons. The molecule has 126 valence electrons. The highest BCUT2D eigenvalue weighted by Gasteiger charge is 2.44. The van der Waals surface area contributed by atoms with Crippen molar-refractivity contribution in [2.24, 2.45) is 5.92 Å². The van der Waals surface area contributed by atoms with Crippen molar-refractivity contribution in [1.29, 1.82) is 0 Å². The van der Waals surface area contributed by atoms with Crippen molar-refractivity contribution >= 4 is 23.0 Å². The maximum atomic E-state index is 13.0. The number of nitrogens with one attached hydrogen (secondary N) is 2. The largest absolute Gasteiger partial charge is 0.375 e. The van der Waals surface area contributed by atoms with Gasteiger partial charge in [0, 0.05) is 22.6 Å². The molecule has 0 fully saturated rings. The number of anilines is 3. The van der Waals surface area contributed by atoms with E-state index in [9.17, 15) is 14.3 Å². The summed E-state index contributed by atoms with van der Waals surface area (Å²) in [5.74, 6) is -0.282. The fourth-order valence-corrected chi connectivity index (χ4v) is 2.87. The average molecular weight is 328 g/mol. The van der Waals surface area contributed by atoms with Crippen LogP contribution in [0.3, 0.4) is 0 Å². The second-order valence-corrected chi connectivity index (χ2v) is 6.64. The van der Waals surface area contributed by atoms with Crippen LogP contribution in [0.1, 0.15) is 32.3 Å². The molecule has 1 aliphatic heterocycles. The summed E-state index contributed by atoms with van der Waals surface area (Å²) in [6.45, 7) is 4.12. The first-order valence-corrected chi connectivity index (χ1v) is 8.09. The van der Waals surface area contributed by atoms with Gasteiger partial charge in [0.25, 0.3) is 5.91 Å². The van der Waals surface area contributed by atoms with Gasteiger partial charge in [0.15, 0.2) is 5.60 Å². The lowest BCUT2D eigenvalue weighted by atomic mass is 9.87. The Morgan fingerprint density at radius 1 is 1.17 bits per heavy atom. The minimum atomic E-state index is -1.50. The number of halogens is 1. The van der Waals surface area contributed by atoms with Crippen LogP contribution in [-0.2, 0) is 10.4 Å². The van der Waals surface area contributed by atoms with Crippen LogP contribution in [0.2, 0.25) is 0 Å². The zero-order chi connectivity index (χ0) is 17.3. The van der Waals surface area contributed by atoms with Gasteiger partial charge in [0.05, 0.1) is 0 Å². The molecule has 1 unspecified atom stereocenters. The molecular formula is C19H21FN2O2. The molecule has 5 heteroatoms. The Hall–Kier alpha value is -2.40. The monoisotopic (exact) mass is 328 g/mol. The lowest BCUT2D eigenvalue weighted by Gasteiger charge is -2.22. The number of fused-ring (bicyclic) bond motifs is 1. The highest BCUT2D eigenvalue weighted by molar-refractivity contribution is 6.05. The van der Waals surface area contributed by atoms with E-state index in [2.05, 4.69) is 24.5 Å². The third-order valence-electron chi connectivity index (χ3n) is 4.31. The smallest absolute Gasteiger partial charge is 0.261 e. The lowest BCUT2D eigenvalue weighted by Crippen LogP contribution is -2.34. The zero-order valence-corrected chi connectivity index (χ0v) is 13.8. The summed E-state index contributed by atoms with van der Waals surface area (Å²) in [4.78, 5) is 12.2. The predicted molar refractivity (Wildman–Crippen MR) is 92.7 cm³/mol. The SMILES string of the molecule is CC(C)CCC1(O)C(=O)Nc2ccc(Nc3ccc(F)cc3)cc21. The van der Waals surface area contributed by atoms with E-state index in [1.54, 1.807) is 24.3 Å². The van der Waals surface area contributed by atoms with Crippen molar-refractivity contribution in [2.75, 3.05) is 10.6 Å². The summed E-state index contributed by atoms with van der Waals surface area (Å²) >= 11 is 0. The second kappa shape index (κ2) is 6.24. The second-order valence-electron chi connectivity index (χ2n) is 6.64. The highest BCUT2D eigenvalue weighted by Crippen LogP contribution is 2.41. The Balaban J connectivity index is 1.88. The molecule has 3 rings (SSSR count). The molecule has 4 nitrogen and oxygen atoms in total. The van der Waals surface area contributed by atoms with E-state index in [0.29, 0.717) is 23.6 Å². The van der Waals surface area contributed by atoms with Crippen LogP contribution in [0, 0.1) is 11.7 Å². The molecule has 1 amide bonds. The van der Waals surface area contributed by atoms with Gasteiger partial charge in [0.1, 0.15) is 5.82 Å². The number of rotatable bonds is 5. The first-order chi connectivity index (χ1) is 11.4. The Bertz CT molecular complexity index is 758. The van der Waals surface area contributed by atoms with E-state index in [4.69, 9.17) is 0 Å². The predicted octanol–water partition coefficient (Wildman–Crippen LogP) is 4.15. The van der Waals surface area contributed by atoms with Crippen LogP contribution < -0.4 is 10.6 Å². The van der Waals surface area contributed by atoms with E-state index < -0.39 is 5.60 Å². The van der Waals surface area contributed by atoms with E-state index >= 15 is 0 Å². The zero-order valence-electron chi connectivity index (χ0n) is 13.8. The molecule has 1 heterocycles. The molecule has 2 aromatic carbocycles. The molecule has 0 aliphatic carbocycles.